The summed E-state index contributed by atoms with van der Waals surface area (Å²) in [5.74, 6) is 0.0372. The van der Waals surface area contributed by atoms with Crippen LogP contribution in [-0.4, -0.2) is 23.0 Å². The van der Waals surface area contributed by atoms with Crippen LogP contribution in [0.4, 0.5) is 11.6 Å². The third-order valence-corrected chi connectivity index (χ3v) is 3.81. The van der Waals surface area contributed by atoms with Crippen LogP contribution in [0.3, 0.4) is 0 Å². The molecular formula is C9H10ClN5O2S. The van der Waals surface area contributed by atoms with Crippen LogP contribution in [0.5, 0.6) is 0 Å². The van der Waals surface area contributed by atoms with Gasteiger partial charge in [-0.25, -0.2) is 9.97 Å². The van der Waals surface area contributed by atoms with E-state index < -0.39 is 10.0 Å². The molecule has 2 heterocycles. The highest BCUT2D eigenvalue weighted by Crippen LogP contribution is 2.19. The molecule has 0 aliphatic carbocycles. The predicted octanol–water partition coefficient (Wildman–Crippen LogP) is 0.851. The number of hydrogen-bond donors (Lipinski definition) is 2. The second kappa shape index (κ2) is 4.46. The molecule has 2 aromatic heterocycles. The first kappa shape index (κ1) is 12.7. The van der Waals surface area contributed by atoms with Crippen molar-refractivity contribution < 1.29 is 8.42 Å². The molecule has 96 valence electrons. The summed E-state index contributed by atoms with van der Waals surface area (Å²) < 4.78 is 27.7. The van der Waals surface area contributed by atoms with Gasteiger partial charge in [-0.05, 0) is 12.1 Å². The second-order valence-electron chi connectivity index (χ2n) is 3.50. The Balaban J connectivity index is 2.39. The molecule has 18 heavy (non-hydrogen) atoms. The van der Waals surface area contributed by atoms with Crippen molar-refractivity contribution in [2.45, 2.75) is 5.03 Å². The molecule has 9 heteroatoms. The number of anilines is 2. The van der Waals surface area contributed by atoms with Crippen molar-refractivity contribution >= 4 is 33.3 Å². The summed E-state index contributed by atoms with van der Waals surface area (Å²) in [4.78, 5) is 7.55. The molecule has 0 bridgehead atoms. The standard InChI is InChI=1S/C9H10ClN5O2S/c1-15-5-12-8(11)9(15)18(16,17)14-7-4-2-3-6(10)13-7/h2-5H,11H2,1H3,(H,13,14). The van der Waals surface area contributed by atoms with Crippen LogP contribution >= 0.6 is 11.6 Å². The Kier molecular flexibility index (Phi) is 3.14. The van der Waals surface area contributed by atoms with E-state index in [1.807, 2.05) is 0 Å². The van der Waals surface area contributed by atoms with Crippen LogP contribution in [0.25, 0.3) is 0 Å². The molecule has 0 fully saturated rings. The monoisotopic (exact) mass is 287 g/mol. The second-order valence-corrected chi connectivity index (χ2v) is 5.48. The number of halogens is 1. The maximum absolute atomic E-state index is 12.1. The number of rotatable bonds is 3. The molecule has 0 saturated heterocycles. The van der Waals surface area contributed by atoms with Crippen molar-refractivity contribution in [3.8, 4) is 0 Å². The topological polar surface area (TPSA) is 103 Å². The van der Waals surface area contributed by atoms with Gasteiger partial charge in [-0.2, -0.15) is 8.42 Å². The van der Waals surface area contributed by atoms with Crippen LogP contribution in [0.1, 0.15) is 0 Å². The van der Waals surface area contributed by atoms with Crippen molar-refractivity contribution in [3.63, 3.8) is 0 Å². The summed E-state index contributed by atoms with van der Waals surface area (Å²) in [7, 11) is -2.31. The van der Waals surface area contributed by atoms with Crippen molar-refractivity contribution in [1.82, 2.24) is 14.5 Å². The number of aryl methyl sites for hydroxylation is 1. The van der Waals surface area contributed by atoms with Crippen molar-refractivity contribution in [2.75, 3.05) is 10.5 Å². The largest absolute Gasteiger partial charge is 0.381 e. The Morgan fingerprint density at radius 2 is 2.17 bits per heavy atom. The lowest BCUT2D eigenvalue weighted by Gasteiger charge is -2.08. The van der Waals surface area contributed by atoms with Crippen molar-refractivity contribution in [1.29, 1.82) is 0 Å². The number of nitrogen functional groups attached to an aromatic ring is 1. The first-order valence-corrected chi connectivity index (χ1v) is 6.68. The van der Waals surface area contributed by atoms with E-state index in [4.69, 9.17) is 17.3 Å². The van der Waals surface area contributed by atoms with Gasteiger partial charge >= 0.3 is 0 Å². The van der Waals surface area contributed by atoms with Gasteiger partial charge < -0.3 is 10.3 Å². The van der Waals surface area contributed by atoms with E-state index in [9.17, 15) is 8.42 Å². The van der Waals surface area contributed by atoms with Crippen LogP contribution < -0.4 is 10.5 Å². The Morgan fingerprint density at radius 1 is 1.44 bits per heavy atom. The zero-order valence-electron chi connectivity index (χ0n) is 9.33. The molecule has 2 aromatic rings. The number of imidazole rings is 1. The molecule has 7 nitrogen and oxygen atoms in total. The molecule has 0 atom stereocenters. The van der Waals surface area contributed by atoms with Gasteiger partial charge in [0, 0.05) is 7.05 Å². The number of hydrogen-bond acceptors (Lipinski definition) is 5. The Hall–Kier alpha value is -1.80. The first-order valence-electron chi connectivity index (χ1n) is 4.82. The number of nitrogens with two attached hydrogens (primary N) is 1. The third-order valence-electron chi connectivity index (χ3n) is 2.12. The van der Waals surface area contributed by atoms with Gasteiger partial charge in [0.25, 0.3) is 10.0 Å². The highest BCUT2D eigenvalue weighted by atomic mass is 35.5. The maximum Gasteiger partial charge on any atom is 0.282 e. The van der Waals surface area contributed by atoms with Crippen LogP contribution in [0.15, 0.2) is 29.6 Å². The minimum atomic E-state index is -3.84. The summed E-state index contributed by atoms with van der Waals surface area (Å²) in [6.07, 6.45) is 1.31. The van der Waals surface area contributed by atoms with Crippen LogP contribution in [0, 0.1) is 0 Å². The molecule has 0 unspecified atom stereocenters. The van der Waals surface area contributed by atoms with E-state index in [0.29, 0.717) is 0 Å². The molecule has 0 aromatic carbocycles. The molecule has 0 aliphatic heterocycles. The SMILES string of the molecule is Cn1cnc(N)c1S(=O)(=O)Nc1cccc(Cl)n1. The summed E-state index contributed by atoms with van der Waals surface area (Å²) >= 11 is 5.67. The minimum absolute atomic E-state index is 0.0768. The lowest BCUT2D eigenvalue weighted by molar-refractivity contribution is 0.591. The fourth-order valence-electron chi connectivity index (χ4n) is 1.42. The van der Waals surface area contributed by atoms with Crippen LogP contribution in [-0.2, 0) is 17.1 Å². The zero-order chi connectivity index (χ0) is 13.3. The van der Waals surface area contributed by atoms with Gasteiger partial charge in [0.15, 0.2) is 10.8 Å². The van der Waals surface area contributed by atoms with Gasteiger partial charge in [-0.15, -0.1) is 0 Å². The van der Waals surface area contributed by atoms with Gasteiger partial charge in [-0.3, -0.25) is 4.72 Å². The molecule has 0 saturated carbocycles. The summed E-state index contributed by atoms with van der Waals surface area (Å²) in [5, 5.41) is 0.0671. The summed E-state index contributed by atoms with van der Waals surface area (Å²) in [5.41, 5.74) is 5.51. The Morgan fingerprint density at radius 3 is 2.72 bits per heavy atom. The van der Waals surface area contributed by atoms with E-state index in [-0.39, 0.29) is 21.8 Å². The number of nitrogens with one attached hydrogen (secondary N) is 1. The van der Waals surface area contributed by atoms with Gasteiger partial charge in [0.05, 0.1) is 6.33 Å². The first-order chi connectivity index (χ1) is 8.40. The fraction of sp³-hybridized carbons (Fsp3) is 0.111. The molecule has 0 amide bonds. The molecular weight excluding hydrogens is 278 g/mol. The minimum Gasteiger partial charge on any atom is -0.381 e. The average Bonchev–Trinajstić information content (AvgIpc) is 2.58. The third kappa shape index (κ3) is 2.39. The quantitative estimate of drug-likeness (QED) is 0.815. The zero-order valence-corrected chi connectivity index (χ0v) is 10.9. The highest BCUT2D eigenvalue weighted by Gasteiger charge is 2.22. The van der Waals surface area contributed by atoms with Crippen molar-refractivity contribution in [3.05, 3.63) is 29.7 Å². The fourth-order valence-corrected chi connectivity index (χ4v) is 2.82. The number of pyridine rings is 1. The highest BCUT2D eigenvalue weighted by molar-refractivity contribution is 7.92. The number of nitrogens with zero attached hydrogens (tertiary/aromatic N) is 3. The summed E-state index contributed by atoms with van der Waals surface area (Å²) in [6.45, 7) is 0. The molecule has 2 rings (SSSR count). The smallest absolute Gasteiger partial charge is 0.282 e. The van der Waals surface area contributed by atoms with E-state index in [0.717, 1.165) is 0 Å². The van der Waals surface area contributed by atoms with E-state index in [1.54, 1.807) is 6.07 Å². The number of sulfonamides is 1. The Bertz CT molecular complexity index is 663. The van der Waals surface area contributed by atoms with Crippen LogP contribution in [0.2, 0.25) is 5.15 Å². The van der Waals surface area contributed by atoms with Gasteiger partial charge in [0.2, 0.25) is 0 Å². The lowest BCUT2D eigenvalue weighted by atomic mass is 10.5. The lowest BCUT2D eigenvalue weighted by Crippen LogP contribution is -2.18. The van der Waals surface area contributed by atoms with E-state index >= 15 is 0 Å². The molecule has 0 aliphatic rings. The van der Waals surface area contributed by atoms with E-state index in [2.05, 4.69) is 14.7 Å². The summed E-state index contributed by atoms with van der Waals surface area (Å²) in [6, 6.07) is 4.60. The number of aromatic nitrogens is 3. The van der Waals surface area contributed by atoms with E-state index in [1.165, 1.54) is 30.1 Å². The van der Waals surface area contributed by atoms with Gasteiger partial charge in [-0.1, -0.05) is 17.7 Å². The predicted molar refractivity (Wildman–Crippen MR) is 67.7 cm³/mol. The normalized spacial score (nSPS) is 11.4. The van der Waals surface area contributed by atoms with Gasteiger partial charge in [0.1, 0.15) is 11.0 Å². The molecule has 3 N–H and O–H groups in total. The molecule has 0 radical (unpaired) electrons. The molecule has 0 spiro atoms. The average molecular weight is 288 g/mol. The van der Waals surface area contributed by atoms with Crippen molar-refractivity contribution in [2.24, 2.45) is 7.05 Å². The Labute approximate surface area is 109 Å². The maximum atomic E-state index is 12.1.